The van der Waals surface area contributed by atoms with Crippen LogP contribution in [0.25, 0.3) is 17.0 Å². The van der Waals surface area contributed by atoms with Gasteiger partial charge in [0.05, 0.1) is 15.8 Å². The van der Waals surface area contributed by atoms with Crippen LogP contribution in [-0.4, -0.2) is 45.0 Å². The van der Waals surface area contributed by atoms with Crippen molar-refractivity contribution in [1.82, 2.24) is 20.2 Å². The number of nitrogens with zero attached hydrogens (tertiary/aromatic N) is 2. The van der Waals surface area contributed by atoms with Gasteiger partial charge in [-0.05, 0) is 35.5 Å². The van der Waals surface area contributed by atoms with E-state index in [2.05, 4.69) is 15.3 Å². The molecule has 1 aliphatic rings. The van der Waals surface area contributed by atoms with Crippen LogP contribution in [0.2, 0.25) is 0 Å². The van der Waals surface area contributed by atoms with Crippen LogP contribution in [0.5, 0.6) is 0 Å². The maximum atomic E-state index is 12.5. The van der Waals surface area contributed by atoms with E-state index in [1.165, 1.54) is 0 Å². The molecule has 1 saturated heterocycles. The Labute approximate surface area is 187 Å². The molecule has 0 spiro atoms. The summed E-state index contributed by atoms with van der Waals surface area (Å²) in [7, 11) is 0. The molecule has 2 N–H and O–H groups in total. The van der Waals surface area contributed by atoms with Gasteiger partial charge < -0.3 is 10.3 Å². The highest BCUT2D eigenvalue weighted by Gasteiger charge is 2.34. The summed E-state index contributed by atoms with van der Waals surface area (Å²) in [6, 6.07) is 16.3. The number of carbonyl (C=O) groups excluding carboxylic acids is 3. The first kappa shape index (κ1) is 21.5. The maximum Gasteiger partial charge on any atom is 0.293 e. The average molecular weight is 449 g/mol. The number of aromatic nitrogens is 2. The Kier molecular flexibility index (Phi) is 6.46. The predicted molar refractivity (Wildman–Crippen MR) is 123 cm³/mol. The van der Waals surface area contributed by atoms with Gasteiger partial charge in [0, 0.05) is 25.9 Å². The highest BCUT2D eigenvalue weighted by molar-refractivity contribution is 8.18. The lowest BCUT2D eigenvalue weighted by atomic mass is 10.2. The van der Waals surface area contributed by atoms with Crippen molar-refractivity contribution >= 4 is 45.8 Å². The van der Waals surface area contributed by atoms with Gasteiger partial charge in [0.15, 0.2) is 0 Å². The van der Waals surface area contributed by atoms with Gasteiger partial charge in [0.1, 0.15) is 5.82 Å². The number of aryl methyl sites for hydroxylation is 1. The SMILES string of the molecule is O=C(CCc1nc2ccccc2c(=O)[nH]1)NCCN1C(=O)S/C(=C/c2ccccc2)C1=O. The molecule has 3 aromatic rings. The van der Waals surface area contributed by atoms with Gasteiger partial charge in [-0.3, -0.25) is 24.1 Å². The van der Waals surface area contributed by atoms with Crippen LogP contribution in [0, 0.1) is 0 Å². The molecule has 4 rings (SSSR count). The van der Waals surface area contributed by atoms with Gasteiger partial charge in [-0.15, -0.1) is 0 Å². The van der Waals surface area contributed by atoms with Gasteiger partial charge in [-0.2, -0.15) is 0 Å². The van der Waals surface area contributed by atoms with Gasteiger partial charge >= 0.3 is 0 Å². The Hall–Kier alpha value is -3.72. The quantitative estimate of drug-likeness (QED) is 0.538. The number of hydrogen-bond acceptors (Lipinski definition) is 6. The fraction of sp³-hybridized carbons (Fsp3) is 0.174. The Morgan fingerprint density at radius 1 is 1.06 bits per heavy atom. The van der Waals surface area contributed by atoms with Crippen LogP contribution >= 0.6 is 11.8 Å². The largest absolute Gasteiger partial charge is 0.354 e. The number of fused-ring (bicyclic) bond motifs is 1. The summed E-state index contributed by atoms with van der Waals surface area (Å²) in [6.45, 7) is 0.241. The smallest absolute Gasteiger partial charge is 0.293 e. The second-order valence-corrected chi connectivity index (χ2v) is 8.12. The number of amides is 3. The number of para-hydroxylation sites is 1. The van der Waals surface area contributed by atoms with E-state index in [0.29, 0.717) is 21.6 Å². The minimum absolute atomic E-state index is 0.0909. The number of imide groups is 1. The molecule has 0 unspecified atom stereocenters. The number of benzene rings is 2. The summed E-state index contributed by atoms with van der Waals surface area (Å²) in [6.07, 6.45) is 2.07. The minimum Gasteiger partial charge on any atom is -0.354 e. The Balaban J connectivity index is 1.28. The molecular formula is C23H20N4O4S. The van der Waals surface area contributed by atoms with E-state index in [-0.39, 0.29) is 48.5 Å². The zero-order valence-electron chi connectivity index (χ0n) is 17.0. The lowest BCUT2D eigenvalue weighted by molar-refractivity contribution is -0.124. The monoisotopic (exact) mass is 448 g/mol. The number of carbonyl (C=O) groups is 3. The van der Waals surface area contributed by atoms with Crippen LogP contribution in [0.4, 0.5) is 4.79 Å². The van der Waals surface area contributed by atoms with Crippen molar-refractivity contribution in [2.45, 2.75) is 12.8 Å². The molecule has 3 amide bonds. The number of rotatable bonds is 7. The van der Waals surface area contributed by atoms with Crippen molar-refractivity contribution in [1.29, 1.82) is 0 Å². The zero-order valence-corrected chi connectivity index (χ0v) is 17.9. The van der Waals surface area contributed by atoms with Crippen molar-refractivity contribution in [3.63, 3.8) is 0 Å². The number of aromatic amines is 1. The topological polar surface area (TPSA) is 112 Å². The third-order valence-electron chi connectivity index (χ3n) is 4.88. The highest BCUT2D eigenvalue weighted by atomic mass is 32.2. The maximum absolute atomic E-state index is 12.5. The van der Waals surface area contributed by atoms with Crippen molar-refractivity contribution in [2.75, 3.05) is 13.1 Å². The predicted octanol–water partition coefficient (Wildman–Crippen LogP) is 2.71. The van der Waals surface area contributed by atoms with Crippen LogP contribution in [-0.2, 0) is 16.0 Å². The number of hydrogen-bond donors (Lipinski definition) is 2. The normalized spacial score (nSPS) is 15.0. The molecule has 1 aliphatic heterocycles. The molecular weight excluding hydrogens is 428 g/mol. The van der Waals surface area contributed by atoms with E-state index < -0.39 is 0 Å². The van der Waals surface area contributed by atoms with E-state index >= 15 is 0 Å². The molecule has 0 aliphatic carbocycles. The molecule has 32 heavy (non-hydrogen) atoms. The lowest BCUT2D eigenvalue weighted by Crippen LogP contribution is -2.37. The van der Waals surface area contributed by atoms with Crippen molar-refractivity contribution < 1.29 is 14.4 Å². The van der Waals surface area contributed by atoms with Gasteiger partial charge in [-0.25, -0.2) is 4.98 Å². The summed E-state index contributed by atoms with van der Waals surface area (Å²) in [5, 5.41) is 2.85. The molecule has 0 bridgehead atoms. The van der Waals surface area contributed by atoms with E-state index in [4.69, 9.17) is 0 Å². The number of thioether (sulfide) groups is 1. The zero-order chi connectivity index (χ0) is 22.5. The highest BCUT2D eigenvalue weighted by Crippen LogP contribution is 2.31. The van der Waals surface area contributed by atoms with Crippen LogP contribution in [0.3, 0.4) is 0 Å². The molecule has 1 fully saturated rings. The second kappa shape index (κ2) is 9.61. The fourth-order valence-corrected chi connectivity index (χ4v) is 4.14. The summed E-state index contributed by atoms with van der Waals surface area (Å²) in [5.74, 6) is -0.190. The van der Waals surface area contributed by atoms with E-state index in [1.807, 2.05) is 30.3 Å². The van der Waals surface area contributed by atoms with Gasteiger partial charge in [0.2, 0.25) is 5.91 Å². The van der Waals surface area contributed by atoms with E-state index in [1.54, 1.807) is 30.3 Å². The molecule has 0 atom stereocenters. The van der Waals surface area contributed by atoms with E-state index in [0.717, 1.165) is 22.2 Å². The Bertz CT molecular complexity index is 1270. The molecule has 1 aromatic heterocycles. The fourth-order valence-electron chi connectivity index (χ4n) is 3.27. The lowest BCUT2D eigenvalue weighted by Gasteiger charge is -2.13. The summed E-state index contributed by atoms with van der Waals surface area (Å²) in [5.41, 5.74) is 1.18. The molecule has 162 valence electrons. The van der Waals surface area contributed by atoms with Crippen molar-refractivity contribution in [3.8, 4) is 0 Å². The van der Waals surface area contributed by atoms with Crippen LogP contribution in [0.15, 0.2) is 64.3 Å². The Morgan fingerprint density at radius 2 is 1.81 bits per heavy atom. The molecule has 2 heterocycles. The molecule has 9 heteroatoms. The minimum atomic E-state index is -0.365. The molecule has 2 aromatic carbocycles. The Morgan fingerprint density at radius 3 is 2.62 bits per heavy atom. The third kappa shape index (κ3) is 4.94. The van der Waals surface area contributed by atoms with Gasteiger partial charge in [0.25, 0.3) is 16.7 Å². The van der Waals surface area contributed by atoms with Crippen LogP contribution < -0.4 is 10.9 Å². The first-order chi connectivity index (χ1) is 15.5. The molecule has 8 nitrogen and oxygen atoms in total. The molecule has 0 radical (unpaired) electrons. The van der Waals surface area contributed by atoms with E-state index in [9.17, 15) is 19.2 Å². The summed E-state index contributed by atoms with van der Waals surface area (Å²) >= 11 is 0.889. The van der Waals surface area contributed by atoms with Crippen molar-refractivity contribution in [3.05, 3.63) is 81.2 Å². The standard InChI is InChI=1S/C23H20N4O4S/c28-20(11-10-19-25-17-9-5-4-8-16(17)21(29)26-19)24-12-13-27-22(30)18(32-23(27)31)14-15-6-2-1-3-7-15/h1-9,14H,10-13H2,(H,24,28)(H,25,26,29)/b18-14+. The first-order valence-corrected chi connectivity index (χ1v) is 10.9. The number of nitrogens with one attached hydrogen (secondary N) is 2. The molecule has 0 saturated carbocycles. The first-order valence-electron chi connectivity index (χ1n) is 10.1. The van der Waals surface area contributed by atoms with Crippen LogP contribution in [0.1, 0.15) is 17.8 Å². The average Bonchev–Trinajstić information content (AvgIpc) is 3.06. The van der Waals surface area contributed by atoms with Crippen molar-refractivity contribution in [2.24, 2.45) is 0 Å². The third-order valence-corrected chi connectivity index (χ3v) is 5.79. The summed E-state index contributed by atoms with van der Waals surface area (Å²) < 4.78 is 0. The van der Waals surface area contributed by atoms with Gasteiger partial charge in [-0.1, -0.05) is 42.5 Å². The summed E-state index contributed by atoms with van der Waals surface area (Å²) in [4.78, 5) is 57.5. The number of H-pyrrole nitrogens is 1. The second-order valence-electron chi connectivity index (χ2n) is 7.12.